The second kappa shape index (κ2) is 20.2. The SMILES string of the molecule is [2H]c1c([2H])c(-n2c3c([2H])c([2H])c([2H])c([2H])c3c3c([2H])c([2H])c([2H])c([2H])c32)c([2H])c2c1B1c3c(cc(-c4ccc(C(C)(C)C)cc4)cc3N(c3ccccc3-c3ccc(C(C)(C)C)cc3)c3c([2H])c(-n4c5c([2H])c([2H])c([2H])c([2H])c5c5c([2H])c([2H])c([2H])c([2H])c54)c([2H])c([2H])c31)N2c1ccccc1-c1ccc(C(C)(C)C)cc1. The van der Waals surface area contributed by atoms with Crippen LogP contribution in [0, 0.1) is 0 Å². The Bertz CT molecular complexity index is 5970. The van der Waals surface area contributed by atoms with Crippen molar-refractivity contribution in [2.45, 2.75) is 78.6 Å². The number of para-hydroxylation sites is 6. The molecule has 0 N–H and O–H groups in total. The Morgan fingerprint density at radius 1 is 0.315 bits per heavy atom. The molecule has 12 aromatic carbocycles. The fourth-order valence-corrected chi connectivity index (χ4v) is 13.0. The Hall–Kier alpha value is -10.1. The summed E-state index contributed by atoms with van der Waals surface area (Å²) in [5.74, 6) is 0. The Balaban J connectivity index is 1.15. The van der Waals surface area contributed by atoms with E-state index in [2.05, 4.69) is 62.3 Å². The van der Waals surface area contributed by atoms with Crippen LogP contribution in [0.25, 0.3) is 88.4 Å². The first-order chi connectivity index (χ1) is 52.2. The van der Waals surface area contributed by atoms with Gasteiger partial charge in [-0.05, 0) is 144 Å². The maximum absolute atomic E-state index is 11.3. The van der Waals surface area contributed by atoms with Gasteiger partial charge in [0.1, 0.15) is 0 Å². The molecule has 0 bridgehead atoms. The number of fused-ring (bicyclic) bond motifs is 10. The summed E-state index contributed by atoms with van der Waals surface area (Å²) in [6.45, 7) is 17.3. The van der Waals surface area contributed by atoms with Crippen molar-refractivity contribution in [3.05, 3.63) is 283 Å². The smallest absolute Gasteiger partial charge is 0.252 e. The van der Waals surface area contributed by atoms with Gasteiger partial charge in [0.2, 0.25) is 0 Å². The third-order valence-corrected chi connectivity index (χ3v) is 17.6. The van der Waals surface area contributed by atoms with E-state index < -0.39 is 173 Å². The molecule has 89 heavy (non-hydrogen) atoms. The molecule has 4 heterocycles. The molecule has 16 rings (SSSR count). The number of anilines is 6. The van der Waals surface area contributed by atoms with Gasteiger partial charge >= 0.3 is 0 Å². The summed E-state index contributed by atoms with van der Waals surface area (Å²) in [5, 5.41) is -1.37. The van der Waals surface area contributed by atoms with Crippen LogP contribution in [0.1, 0.15) is 109 Å². The fraction of sp³-hybridized carbons (Fsp3) is 0.143. The molecule has 0 amide bonds. The summed E-state index contributed by atoms with van der Waals surface area (Å²) in [7, 11) is 0. The lowest BCUT2D eigenvalue weighted by Gasteiger charge is -2.45. The van der Waals surface area contributed by atoms with Gasteiger partial charge in [-0.25, -0.2) is 0 Å². The molecule has 2 aliphatic heterocycles. The van der Waals surface area contributed by atoms with E-state index in [1.807, 2.05) is 121 Å². The van der Waals surface area contributed by atoms with Crippen molar-refractivity contribution >= 4 is 101 Å². The molecule has 4 nitrogen and oxygen atoms in total. The third-order valence-electron chi connectivity index (χ3n) is 17.6. The van der Waals surface area contributed by atoms with Gasteiger partial charge in [0.25, 0.3) is 6.71 Å². The first-order valence-electron chi connectivity index (χ1n) is 40.8. The monoisotopic (exact) mass is 1170 g/mol. The van der Waals surface area contributed by atoms with Gasteiger partial charge in [-0.3, -0.25) is 0 Å². The van der Waals surface area contributed by atoms with E-state index in [-0.39, 0.29) is 60.1 Å². The molecular weight excluding hydrogens is 1080 g/mol. The number of rotatable bonds is 7. The summed E-state index contributed by atoms with van der Waals surface area (Å²) in [6.07, 6.45) is 0. The molecule has 0 fully saturated rings. The van der Waals surface area contributed by atoms with Crippen molar-refractivity contribution in [3.63, 3.8) is 0 Å². The zero-order chi connectivity index (χ0) is 79.8. The average Bonchev–Trinajstić information content (AvgIpc) is 1.17. The fourth-order valence-electron chi connectivity index (χ4n) is 13.0. The summed E-state index contributed by atoms with van der Waals surface area (Å²) >= 11 is 0. The summed E-state index contributed by atoms with van der Waals surface area (Å²) in [6, 6.07) is 27.1. The van der Waals surface area contributed by atoms with E-state index in [0.717, 1.165) is 25.8 Å². The number of aromatic nitrogens is 2. The molecule has 0 aliphatic carbocycles. The van der Waals surface area contributed by atoms with E-state index in [4.69, 9.17) is 11.0 Å². The molecule has 5 heteroatoms. The van der Waals surface area contributed by atoms with Crippen LogP contribution in [-0.4, -0.2) is 15.8 Å². The van der Waals surface area contributed by atoms with Gasteiger partial charge in [-0.15, -0.1) is 0 Å². The Morgan fingerprint density at radius 3 is 0.989 bits per heavy atom. The van der Waals surface area contributed by atoms with Gasteiger partial charge in [-0.1, -0.05) is 256 Å². The number of nitrogens with zero attached hydrogens (tertiary/aromatic N) is 4. The molecule has 0 radical (unpaired) electrons. The van der Waals surface area contributed by atoms with Crippen LogP contribution in [0.2, 0.25) is 0 Å². The van der Waals surface area contributed by atoms with Gasteiger partial charge in [0, 0.05) is 66.8 Å². The maximum Gasteiger partial charge on any atom is 0.252 e. The van der Waals surface area contributed by atoms with Crippen LogP contribution in [0.4, 0.5) is 34.1 Å². The molecule has 430 valence electrons. The molecule has 0 unspecified atom stereocenters. The first kappa shape index (κ1) is 35.6. The molecule has 0 saturated heterocycles. The minimum atomic E-state index is -1.58. The van der Waals surface area contributed by atoms with E-state index in [1.165, 1.54) is 0 Å². The highest BCUT2D eigenvalue weighted by Gasteiger charge is 2.45. The molecule has 2 aliphatic rings. The highest BCUT2D eigenvalue weighted by molar-refractivity contribution is 7.00. The van der Waals surface area contributed by atoms with E-state index >= 15 is 0 Å². The summed E-state index contributed by atoms with van der Waals surface area (Å²) in [4.78, 5) is 3.60. The normalized spacial score (nSPS) is 16.6. The third kappa shape index (κ3) is 8.80. The van der Waals surface area contributed by atoms with Gasteiger partial charge in [-0.2, -0.15) is 0 Å². The second-order valence-electron chi connectivity index (χ2n) is 26.1. The Morgan fingerprint density at radius 2 is 0.640 bits per heavy atom. The van der Waals surface area contributed by atoms with Gasteiger partial charge in [0.15, 0.2) is 0 Å². The average molecular weight is 1170 g/mol. The molecule has 0 atom stereocenters. The van der Waals surface area contributed by atoms with E-state index in [0.29, 0.717) is 61.6 Å². The maximum atomic E-state index is 11.3. The lowest BCUT2D eigenvalue weighted by atomic mass is 9.33. The summed E-state index contributed by atoms with van der Waals surface area (Å²) in [5.41, 5.74) is 4.34. The van der Waals surface area contributed by atoms with Crippen LogP contribution in [0.15, 0.2) is 266 Å². The van der Waals surface area contributed by atoms with Crippen LogP contribution in [0.5, 0.6) is 0 Å². The molecular formula is C84H71BN4. The van der Waals surface area contributed by atoms with E-state index in [9.17, 15) is 19.2 Å². The van der Waals surface area contributed by atoms with Crippen molar-refractivity contribution in [2.75, 3.05) is 9.80 Å². The highest BCUT2D eigenvalue weighted by atomic mass is 15.2. The minimum absolute atomic E-state index is 0.140. The zero-order valence-corrected chi connectivity index (χ0v) is 50.6. The number of benzene rings is 12. The lowest BCUT2D eigenvalue weighted by Crippen LogP contribution is -2.61. The zero-order valence-electron chi connectivity index (χ0n) is 72.6. The predicted octanol–water partition coefficient (Wildman–Crippen LogP) is 20.9. The molecule has 14 aromatic rings. The standard InChI is InChI=1S/C84H71BN4/c1-82(2,3)58-40-34-54(35-41-58)57-50-79-81-80(51-57)89(72-29-17-11-23-64(72)56-38-44-60(45-39-56)84(7,8)9)78-53-62(87-75-32-20-14-26-67(75)68-27-15-21-33-76(68)87)47-49-70(78)85(81)69-48-46-61(86-73-30-18-12-24-65(73)66-25-13-19-31-74(66)86)52-77(69)88(79)71-28-16-10-22-63(71)55-36-42-59(43-37-55)83(4,5)6/h10-53H,1-9H3/i12D,13D,14D,15D,18D,19D,20D,21D,24D,25D,26D,27D,30D,31D,32D,33D,46D,47D,48D,49D,52D,53D. The topological polar surface area (TPSA) is 16.3 Å². The number of hydrogen-bond donors (Lipinski definition) is 0. The molecule has 0 spiro atoms. The quantitative estimate of drug-likeness (QED) is 0.148. The van der Waals surface area contributed by atoms with Crippen molar-refractivity contribution in [3.8, 4) is 44.8 Å². The van der Waals surface area contributed by atoms with Crippen molar-refractivity contribution in [1.82, 2.24) is 9.13 Å². The molecule has 0 saturated carbocycles. The van der Waals surface area contributed by atoms with Crippen LogP contribution >= 0.6 is 0 Å². The first-order valence-corrected chi connectivity index (χ1v) is 29.8. The van der Waals surface area contributed by atoms with Crippen LogP contribution in [0.3, 0.4) is 0 Å². The highest BCUT2D eigenvalue weighted by Crippen LogP contribution is 2.51. The predicted molar refractivity (Wildman–Crippen MR) is 382 cm³/mol. The number of hydrogen-bond acceptors (Lipinski definition) is 2. The van der Waals surface area contributed by atoms with Crippen molar-refractivity contribution < 1.29 is 30.2 Å². The van der Waals surface area contributed by atoms with Crippen molar-refractivity contribution in [1.29, 1.82) is 0 Å². The Kier molecular flexibility index (Phi) is 8.10. The largest absolute Gasteiger partial charge is 0.311 e. The summed E-state index contributed by atoms with van der Waals surface area (Å²) < 4.78 is 217. The second-order valence-corrected chi connectivity index (χ2v) is 26.1. The van der Waals surface area contributed by atoms with Crippen LogP contribution in [-0.2, 0) is 16.2 Å². The Labute approximate surface area is 554 Å². The minimum Gasteiger partial charge on any atom is -0.311 e. The molecule has 2 aromatic heterocycles. The van der Waals surface area contributed by atoms with Crippen LogP contribution < -0.4 is 26.2 Å². The van der Waals surface area contributed by atoms with Gasteiger partial charge in [0.05, 0.1) is 63.6 Å². The van der Waals surface area contributed by atoms with Gasteiger partial charge < -0.3 is 18.9 Å². The van der Waals surface area contributed by atoms with Crippen molar-refractivity contribution in [2.24, 2.45) is 0 Å². The lowest BCUT2D eigenvalue weighted by molar-refractivity contribution is 0.590. The van der Waals surface area contributed by atoms with E-state index in [1.54, 1.807) is 21.9 Å².